The molecule has 1 amide bonds. The molecule has 1 aromatic rings. The van der Waals surface area contributed by atoms with Crippen molar-refractivity contribution in [2.24, 2.45) is 11.8 Å². The molecule has 5 heteroatoms. The zero-order valence-corrected chi connectivity index (χ0v) is 21.2. The number of carbonyl (C=O) groups excluding carboxylic acids is 1. The Morgan fingerprint density at radius 1 is 0.939 bits per heavy atom. The number of amides is 1. The van der Waals surface area contributed by atoms with Crippen molar-refractivity contribution in [3.05, 3.63) is 29.8 Å². The van der Waals surface area contributed by atoms with E-state index in [9.17, 15) is 4.79 Å². The van der Waals surface area contributed by atoms with Gasteiger partial charge in [-0.05, 0) is 62.1 Å². The number of carbonyl (C=O) groups is 1. The summed E-state index contributed by atoms with van der Waals surface area (Å²) in [5, 5.41) is 3.52. The number of benzene rings is 1. The second-order valence-electron chi connectivity index (χ2n) is 10.9. The molecule has 0 radical (unpaired) electrons. The molecule has 2 heterocycles. The maximum atomic E-state index is 13.1. The van der Waals surface area contributed by atoms with E-state index in [1.807, 2.05) is 11.8 Å². The lowest BCUT2D eigenvalue weighted by atomic mass is 9.74. The third kappa shape index (κ3) is 5.97. The van der Waals surface area contributed by atoms with Crippen molar-refractivity contribution in [3.63, 3.8) is 0 Å². The van der Waals surface area contributed by atoms with Crippen LogP contribution in [0, 0.1) is 11.8 Å². The molecule has 4 nitrogen and oxygen atoms in total. The van der Waals surface area contributed by atoms with E-state index in [0.29, 0.717) is 12.3 Å². The Labute approximate surface area is 205 Å². The topological polar surface area (TPSA) is 35.6 Å². The zero-order valence-electron chi connectivity index (χ0n) is 20.4. The Balaban J connectivity index is 1.10. The van der Waals surface area contributed by atoms with Crippen LogP contribution in [0.15, 0.2) is 29.2 Å². The summed E-state index contributed by atoms with van der Waals surface area (Å²) in [4.78, 5) is 19.8. The normalized spacial score (nSPS) is 29.6. The Kier molecular flexibility index (Phi) is 8.32. The fraction of sp³-hybridized carbons (Fsp3) is 0.750. The summed E-state index contributed by atoms with van der Waals surface area (Å²) in [6.07, 6.45) is 14.0. The Morgan fingerprint density at radius 2 is 1.70 bits per heavy atom. The van der Waals surface area contributed by atoms with Crippen LogP contribution in [-0.2, 0) is 4.79 Å². The van der Waals surface area contributed by atoms with E-state index in [-0.39, 0.29) is 11.9 Å². The summed E-state index contributed by atoms with van der Waals surface area (Å²) >= 11 is 2.01. The highest BCUT2D eigenvalue weighted by atomic mass is 32.2. The number of nitrogens with one attached hydrogen (secondary N) is 1. The molecular weight excluding hydrogens is 426 g/mol. The van der Waals surface area contributed by atoms with Crippen LogP contribution in [0.25, 0.3) is 0 Å². The molecule has 0 spiro atoms. The molecule has 0 aromatic heterocycles. The lowest BCUT2D eigenvalue weighted by molar-refractivity contribution is -0.122. The van der Waals surface area contributed by atoms with Crippen LogP contribution in [0.1, 0.15) is 82.2 Å². The molecule has 1 N–H and O–H groups in total. The minimum atomic E-state index is 0.202. The van der Waals surface area contributed by atoms with E-state index in [4.69, 9.17) is 0 Å². The molecule has 33 heavy (non-hydrogen) atoms. The first kappa shape index (κ1) is 23.7. The number of nitrogens with zero attached hydrogens (tertiary/aromatic N) is 2. The summed E-state index contributed by atoms with van der Waals surface area (Å²) in [6, 6.07) is 9.85. The average molecular weight is 470 g/mol. The summed E-state index contributed by atoms with van der Waals surface area (Å²) in [7, 11) is 0. The van der Waals surface area contributed by atoms with Gasteiger partial charge >= 0.3 is 0 Å². The van der Waals surface area contributed by atoms with E-state index in [1.54, 1.807) is 0 Å². The lowest BCUT2D eigenvalue weighted by Gasteiger charge is -2.40. The van der Waals surface area contributed by atoms with Crippen LogP contribution in [-0.4, -0.2) is 60.2 Å². The third-order valence-electron chi connectivity index (χ3n) is 8.80. The maximum Gasteiger partial charge on any atom is 0.220 e. The number of rotatable bonds is 6. The van der Waals surface area contributed by atoms with Crippen molar-refractivity contribution in [1.82, 2.24) is 15.1 Å². The molecular formula is C28H43N3OS. The Morgan fingerprint density at radius 3 is 2.55 bits per heavy atom. The first-order valence-corrected chi connectivity index (χ1v) is 14.7. The van der Waals surface area contributed by atoms with Crippen LogP contribution < -0.4 is 5.32 Å². The van der Waals surface area contributed by atoms with Crippen LogP contribution in [0.2, 0.25) is 0 Å². The van der Waals surface area contributed by atoms with Gasteiger partial charge in [0.25, 0.3) is 0 Å². The second-order valence-corrected chi connectivity index (χ2v) is 11.9. The number of fused-ring (bicyclic) bond motifs is 2. The molecule has 0 bridgehead atoms. The Hall–Kier alpha value is -1.04. The fourth-order valence-electron chi connectivity index (χ4n) is 6.87. The van der Waals surface area contributed by atoms with Gasteiger partial charge in [-0.1, -0.05) is 50.3 Å². The first-order chi connectivity index (χ1) is 16.3. The van der Waals surface area contributed by atoms with Gasteiger partial charge in [-0.2, -0.15) is 0 Å². The van der Waals surface area contributed by atoms with Crippen LogP contribution >= 0.6 is 11.8 Å². The highest BCUT2D eigenvalue weighted by molar-refractivity contribution is 7.99. The summed E-state index contributed by atoms with van der Waals surface area (Å²) < 4.78 is 0. The van der Waals surface area contributed by atoms with Gasteiger partial charge in [-0.3, -0.25) is 9.69 Å². The van der Waals surface area contributed by atoms with Gasteiger partial charge in [0.15, 0.2) is 0 Å². The molecule has 1 saturated heterocycles. The highest BCUT2D eigenvalue weighted by Crippen LogP contribution is 2.46. The highest BCUT2D eigenvalue weighted by Gasteiger charge is 2.37. The zero-order chi connectivity index (χ0) is 22.5. The molecule has 5 rings (SSSR count). The molecule has 4 aliphatic rings. The predicted molar refractivity (Wildman–Crippen MR) is 138 cm³/mol. The SMILES string of the molecule is O=C(CCCN1CCN(C2CCCCC2)CC1)N[C@H]1c2ccccc2SC[C@@H]2CCCC[C@H]21. The summed E-state index contributed by atoms with van der Waals surface area (Å²) in [5.74, 6) is 2.81. The molecule has 3 fully saturated rings. The Bertz CT molecular complexity index is 772. The van der Waals surface area contributed by atoms with E-state index in [1.165, 1.54) is 100 Å². The first-order valence-electron chi connectivity index (χ1n) is 13.8. The minimum absolute atomic E-state index is 0.202. The monoisotopic (exact) mass is 469 g/mol. The molecule has 0 unspecified atom stereocenters. The average Bonchev–Trinajstić information content (AvgIpc) is 3.02. The van der Waals surface area contributed by atoms with Crippen molar-refractivity contribution in [1.29, 1.82) is 0 Å². The van der Waals surface area contributed by atoms with E-state index in [2.05, 4.69) is 39.4 Å². The largest absolute Gasteiger partial charge is 0.349 e. The van der Waals surface area contributed by atoms with Crippen molar-refractivity contribution >= 4 is 17.7 Å². The van der Waals surface area contributed by atoms with Crippen molar-refractivity contribution in [3.8, 4) is 0 Å². The smallest absolute Gasteiger partial charge is 0.220 e. The standard InChI is InChI=1S/C28H43N3OS/c32-27(15-8-16-30-17-19-31(20-18-30)23-10-2-1-3-11-23)29-28-24-12-5-4-9-22(24)21-33-26-14-7-6-13-25(26)28/h6-7,13-14,22-24,28H,1-5,8-12,15-21H2,(H,29,32)/t22-,24+,28+/m0/s1. The molecule has 3 atom stereocenters. The number of hydrogen-bond donors (Lipinski definition) is 1. The van der Waals surface area contributed by atoms with Crippen molar-refractivity contribution in [2.75, 3.05) is 38.5 Å². The maximum absolute atomic E-state index is 13.1. The van der Waals surface area contributed by atoms with Crippen molar-refractivity contribution in [2.45, 2.75) is 87.6 Å². The second kappa shape index (κ2) is 11.6. The fourth-order valence-corrected chi connectivity index (χ4v) is 8.21. The van der Waals surface area contributed by atoms with Crippen LogP contribution in [0.3, 0.4) is 0 Å². The lowest BCUT2D eigenvalue weighted by Crippen LogP contribution is -2.50. The molecule has 2 saturated carbocycles. The van der Waals surface area contributed by atoms with Crippen LogP contribution in [0.5, 0.6) is 0 Å². The number of piperazine rings is 1. The number of thioether (sulfide) groups is 1. The van der Waals surface area contributed by atoms with Gasteiger partial charge in [0.1, 0.15) is 0 Å². The van der Waals surface area contributed by atoms with Gasteiger partial charge in [-0.15, -0.1) is 11.8 Å². The van der Waals surface area contributed by atoms with Crippen molar-refractivity contribution < 1.29 is 4.79 Å². The van der Waals surface area contributed by atoms with Gasteiger partial charge in [0, 0.05) is 49.3 Å². The van der Waals surface area contributed by atoms with Gasteiger partial charge in [-0.25, -0.2) is 0 Å². The van der Waals surface area contributed by atoms with Gasteiger partial charge < -0.3 is 10.2 Å². The molecule has 2 aliphatic carbocycles. The number of hydrogen-bond acceptors (Lipinski definition) is 4. The van der Waals surface area contributed by atoms with E-state index >= 15 is 0 Å². The van der Waals surface area contributed by atoms with Gasteiger partial charge in [0.2, 0.25) is 5.91 Å². The predicted octanol–water partition coefficient (Wildman–Crippen LogP) is 5.49. The summed E-state index contributed by atoms with van der Waals surface area (Å²) in [5.41, 5.74) is 1.36. The van der Waals surface area contributed by atoms with Crippen LogP contribution in [0.4, 0.5) is 0 Å². The molecule has 2 aliphatic heterocycles. The van der Waals surface area contributed by atoms with Gasteiger partial charge in [0.05, 0.1) is 6.04 Å². The summed E-state index contributed by atoms with van der Waals surface area (Å²) in [6.45, 7) is 5.85. The molecule has 1 aromatic carbocycles. The molecule has 182 valence electrons. The van der Waals surface area contributed by atoms with E-state index < -0.39 is 0 Å². The quantitative estimate of drug-likeness (QED) is 0.598. The van der Waals surface area contributed by atoms with E-state index in [0.717, 1.165) is 24.9 Å². The third-order valence-corrected chi connectivity index (χ3v) is 10.1. The minimum Gasteiger partial charge on any atom is -0.349 e.